The first-order valence-corrected chi connectivity index (χ1v) is 3.83. The molecule has 1 saturated carbocycles. The van der Waals surface area contributed by atoms with Crippen molar-refractivity contribution in [3.63, 3.8) is 0 Å². The number of aromatic nitrogens is 2. The molecule has 1 aromatic rings. The van der Waals surface area contributed by atoms with Gasteiger partial charge in [-0.3, -0.25) is 9.36 Å². The summed E-state index contributed by atoms with van der Waals surface area (Å²) in [6.07, 6.45) is 5.50. The average molecular weight is 150 g/mol. The fraction of sp³-hybridized carbons (Fsp3) is 0.500. The maximum Gasteiger partial charge on any atom is 0.235 e. The SMILES string of the molecule is Cc1nccn1C(=O)C1CC1. The number of aryl methyl sites for hydroxylation is 1. The van der Waals surface area contributed by atoms with E-state index in [1.807, 2.05) is 6.92 Å². The molecule has 0 atom stereocenters. The van der Waals surface area contributed by atoms with E-state index in [1.54, 1.807) is 17.0 Å². The molecule has 3 heteroatoms. The monoisotopic (exact) mass is 150 g/mol. The van der Waals surface area contributed by atoms with Crippen LogP contribution in [0.2, 0.25) is 0 Å². The van der Waals surface area contributed by atoms with Gasteiger partial charge in [-0.05, 0) is 19.8 Å². The van der Waals surface area contributed by atoms with E-state index in [2.05, 4.69) is 4.98 Å². The first kappa shape index (κ1) is 6.58. The second kappa shape index (κ2) is 2.19. The van der Waals surface area contributed by atoms with Crippen molar-refractivity contribution in [2.75, 3.05) is 0 Å². The molecule has 0 unspecified atom stereocenters. The molecule has 0 bridgehead atoms. The van der Waals surface area contributed by atoms with Crippen LogP contribution in [0.4, 0.5) is 0 Å². The lowest BCUT2D eigenvalue weighted by Crippen LogP contribution is -2.12. The Bertz CT molecular complexity index is 286. The van der Waals surface area contributed by atoms with Crippen LogP contribution in [-0.4, -0.2) is 15.5 Å². The third-order valence-electron chi connectivity index (χ3n) is 1.99. The van der Waals surface area contributed by atoms with Gasteiger partial charge in [0.15, 0.2) is 0 Å². The standard InChI is InChI=1S/C8H10N2O/c1-6-9-4-5-10(6)8(11)7-2-3-7/h4-5,7H,2-3H2,1H3. The van der Waals surface area contributed by atoms with Gasteiger partial charge in [0.1, 0.15) is 5.82 Å². The zero-order chi connectivity index (χ0) is 7.84. The molecule has 0 N–H and O–H groups in total. The average Bonchev–Trinajstić information content (AvgIpc) is 2.74. The summed E-state index contributed by atoms with van der Waals surface area (Å²) < 4.78 is 1.64. The maximum atomic E-state index is 11.4. The van der Waals surface area contributed by atoms with Gasteiger partial charge in [0, 0.05) is 18.3 Å². The third-order valence-corrected chi connectivity index (χ3v) is 1.99. The molecule has 0 amide bonds. The molecule has 1 heterocycles. The third kappa shape index (κ3) is 1.06. The Morgan fingerprint density at radius 2 is 2.45 bits per heavy atom. The molecule has 3 nitrogen and oxygen atoms in total. The Kier molecular flexibility index (Phi) is 1.31. The van der Waals surface area contributed by atoms with Gasteiger partial charge in [0.05, 0.1) is 0 Å². The van der Waals surface area contributed by atoms with Gasteiger partial charge in [-0.25, -0.2) is 4.98 Å². The van der Waals surface area contributed by atoms with Crippen LogP contribution < -0.4 is 0 Å². The zero-order valence-electron chi connectivity index (χ0n) is 6.45. The predicted molar refractivity (Wildman–Crippen MR) is 40.3 cm³/mol. The number of rotatable bonds is 1. The summed E-state index contributed by atoms with van der Waals surface area (Å²) in [7, 11) is 0. The lowest BCUT2D eigenvalue weighted by molar-refractivity contribution is 0.0883. The molecule has 0 saturated heterocycles. The summed E-state index contributed by atoms with van der Waals surface area (Å²) in [5, 5.41) is 0. The Hall–Kier alpha value is -1.12. The van der Waals surface area contributed by atoms with Gasteiger partial charge in [-0.2, -0.15) is 0 Å². The number of imidazole rings is 1. The van der Waals surface area contributed by atoms with Crippen molar-refractivity contribution in [1.82, 2.24) is 9.55 Å². The van der Waals surface area contributed by atoms with Crippen LogP contribution in [0.15, 0.2) is 12.4 Å². The minimum Gasteiger partial charge on any atom is -0.274 e. The summed E-state index contributed by atoms with van der Waals surface area (Å²) >= 11 is 0. The molecule has 11 heavy (non-hydrogen) atoms. The van der Waals surface area contributed by atoms with Crippen LogP contribution in [0.5, 0.6) is 0 Å². The number of nitrogens with zero attached hydrogens (tertiary/aromatic N) is 2. The molecule has 58 valence electrons. The molecule has 2 rings (SSSR count). The van der Waals surface area contributed by atoms with E-state index in [-0.39, 0.29) is 11.8 Å². The van der Waals surface area contributed by atoms with Gasteiger partial charge >= 0.3 is 0 Å². The highest BCUT2D eigenvalue weighted by Crippen LogP contribution is 2.30. The Labute approximate surface area is 65.1 Å². The van der Waals surface area contributed by atoms with E-state index < -0.39 is 0 Å². The summed E-state index contributed by atoms with van der Waals surface area (Å²) in [5.41, 5.74) is 0. The maximum absolute atomic E-state index is 11.4. The van der Waals surface area contributed by atoms with E-state index >= 15 is 0 Å². The van der Waals surface area contributed by atoms with Crippen molar-refractivity contribution < 1.29 is 4.79 Å². The predicted octanol–water partition coefficient (Wildman–Crippen LogP) is 1.24. The van der Waals surface area contributed by atoms with Gasteiger partial charge in [-0.1, -0.05) is 0 Å². The number of hydrogen-bond acceptors (Lipinski definition) is 2. The molecule has 1 aromatic heterocycles. The highest BCUT2D eigenvalue weighted by atomic mass is 16.2. The minimum absolute atomic E-state index is 0.208. The second-order valence-corrected chi connectivity index (χ2v) is 2.96. The van der Waals surface area contributed by atoms with Crippen LogP contribution in [0.25, 0.3) is 0 Å². The quantitative estimate of drug-likeness (QED) is 0.603. The fourth-order valence-electron chi connectivity index (χ4n) is 1.14. The lowest BCUT2D eigenvalue weighted by atomic mass is 10.4. The van der Waals surface area contributed by atoms with E-state index in [0.29, 0.717) is 0 Å². The fourth-order valence-corrected chi connectivity index (χ4v) is 1.14. The molecule has 1 fully saturated rings. The van der Waals surface area contributed by atoms with Gasteiger partial charge in [0.25, 0.3) is 0 Å². The minimum atomic E-state index is 0.208. The number of carbonyl (C=O) groups excluding carboxylic acids is 1. The number of hydrogen-bond donors (Lipinski definition) is 0. The van der Waals surface area contributed by atoms with Crippen LogP contribution in [0.1, 0.15) is 23.5 Å². The highest BCUT2D eigenvalue weighted by molar-refractivity contribution is 5.83. The second-order valence-electron chi connectivity index (χ2n) is 2.96. The van der Waals surface area contributed by atoms with Crippen molar-refractivity contribution in [3.05, 3.63) is 18.2 Å². The molecule has 0 aromatic carbocycles. The van der Waals surface area contributed by atoms with Gasteiger partial charge in [0.2, 0.25) is 5.91 Å². The van der Waals surface area contributed by atoms with Gasteiger partial charge < -0.3 is 0 Å². The van der Waals surface area contributed by atoms with Crippen molar-refractivity contribution in [3.8, 4) is 0 Å². The molecular formula is C8H10N2O. The molecule has 0 radical (unpaired) electrons. The Balaban J connectivity index is 2.27. The van der Waals surface area contributed by atoms with E-state index in [1.165, 1.54) is 0 Å². The van der Waals surface area contributed by atoms with Crippen LogP contribution >= 0.6 is 0 Å². The van der Waals surface area contributed by atoms with Crippen molar-refractivity contribution >= 4 is 5.91 Å². The van der Waals surface area contributed by atoms with E-state index in [9.17, 15) is 4.79 Å². The molecule has 1 aliphatic carbocycles. The van der Waals surface area contributed by atoms with E-state index in [0.717, 1.165) is 18.7 Å². The largest absolute Gasteiger partial charge is 0.274 e. The first-order valence-electron chi connectivity index (χ1n) is 3.83. The smallest absolute Gasteiger partial charge is 0.235 e. The molecule has 1 aliphatic rings. The van der Waals surface area contributed by atoms with Crippen LogP contribution in [0.3, 0.4) is 0 Å². The summed E-state index contributed by atoms with van der Waals surface area (Å²) in [4.78, 5) is 15.4. The van der Waals surface area contributed by atoms with Crippen LogP contribution in [0, 0.1) is 12.8 Å². The Morgan fingerprint density at radius 3 is 2.91 bits per heavy atom. The van der Waals surface area contributed by atoms with Crippen molar-refractivity contribution in [1.29, 1.82) is 0 Å². The normalized spacial score (nSPS) is 16.8. The molecule has 0 aliphatic heterocycles. The first-order chi connectivity index (χ1) is 5.29. The highest BCUT2D eigenvalue weighted by Gasteiger charge is 2.31. The molecular weight excluding hydrogens is 140 g/mol. The number of carbonyl (C=O) groups is 1. The summed E-state index contributed by atoms with van der Waals surface area (Å²) in [6, 6.07) is 0. The van der Waals surface area contributed by atoms with E-state index in [4.69, 9.17) is 0 Å². The topological polar surface area (TPSA) is 34.9 Å². The zero-order valence-corrected chi connectivity index (χ0v) is 6.45. The van der Waals surface area contributed by atoms with Gasteiger partial charge in [-0.15, -0.1) is 0 Å². The van der Waals surface area contributed by atoms with Crippen molar-refractivity contribution in [2.24, 2.45) is 5.92 Å². The molecule has 0 spiro atoms. The summed E-state index contributed by atoms with van der Waals surface area (Å²) in [5.74, 6) is 1.28. The van der Waals surface area contributed by atoms with Crippen LogP contribution in [-0.2, 0) is 0 Å². The van der Waals surface area contributed by atoms with Crippen molar-refractivity contribution in [2.45, 2.75) is 19.8 Å². The Morgan fingerprint density at radius 1 is 1.73 bits per heavy atom. The summed E-state index contributed by atoms with van der Waals surface area (Å²) in [6.45, 7) is 1.85. The lowest BCUT2D eigenvalue weighted by Gasteiger charge is -1.99.